The molecule has 0 radical (unpaired) electrons. The molecule has 1 amide bonds. The Hall–Kier alpha value is -2.15. The number of esters is 1. The molecule has 6 nitrogen and oxygen atoms in total. The average Bonchev–Trinajstić information content (AvgIpc) is 3.20. The van der Waals surface area contributed by atoms with Crippen molar-refractivity contribution >= 4 is 34.2 Å². The van der Waals surface area contributed by atoms with E-state index in [4.69, 9.17) is 4.74 Å². The normalized spacial score (nSPS) is 27.2. The molecule has 7 heteroatoms. The van der Waals surface area contributed by atoms with E-state index in [2.05, 4.69) is 5.32 Å². The van der Waals surface area contributed by atoms with Crippen LogP contribution in [0.15, 0.2) is 18.2 Å². The summed E-state index contributed by atoms with van der Waals surface area (Å²) in [4.78, 5) is 37.1. The second-order valence-corrected chi connectivity index (χ2v) is 7.40. The Labute approximate surface area is 143 Å². The summed E-state index contributed by atoms with van der Waals surface area (Å²) in [6.07, 6.45) is 4.52. The first-order valence-electron chi connectivity index (χ1n) is 7.92. The van der Waals surface area contributed by atoms with Crippen LogP contribution in [0.2, 0.25) is 0 Å². The highest BCUT2D eigenvalue weighted by molar-refractivity contribution is 7.16. The lowest BCUT2D eigenvalue weighted by molar-refractivity contribution is -0.146. The molecule has 128 valence electrons. The average molecular weight is 349 g/mol. The summed E-state index contributed by atoms with van der Waals surface area (Å²) >= 11 is 1.29. The van der Waals surface area contributed by atoms with Gasteiger partial charge in [0.15, 0.2) is 0 Å². The maximum absolute atomic E-state index is 12.7. The number of carboxylic acid groups (broad SMARTS) is 1. The number of nitrogens with one attached hydrogen (secondary N) is 1. The molecule has 0 spiro atoms. The number of carbonyl (C=O) groups excluding carboxylic acids is 2. The van der Waals surface area contributed by atoms with Gasteiger partial charge in [-0.3, -0.25) is 9.59 Å². The van der Waals surface area contributed by atoms with Crippen LogP contribution >= 0.6 is 11.3 Å². The van der Waals surface area contributed by atoms with E-state index in [1.165, 1.54) is 11.3 Å². The standard InChI is InChI=1S/C17H19NO5S/c1-3-23-17(22)11-6-8(2)24-15(11)18-14(19)12-9-4-5-10(7-9)13(12)16(20)21/h4-6,9-10,12-13H,3,7H2,1-2H3,(H,18,19)(H,20,21)/t9-,10+,12+,13+/m1/s1. The Morgan fingerprint density at radius 1 is 1.29 bits per heavy atom. The number of aliphatic carboxylic acids is 1. The van der Waals surface area contributed by atoms with Gasteiger partial charge in [0, 0.05) is 4.88 Å². The second kappa shape index (κ2) is 6.39. The van der Waals surface area contributed by atoms with Crippen LogP contribution in [0.3, 0.4) is 0 Å². The molecule has 24 heavy (non-hydrogen) atoms. The number of carboxylic acids is 1. The molecule has 1 heterocycles. The van der Waals surface area contributed by atoms with Gasteiger partial charge in [-0.25, -0.2) is 4.79 Å². The Bertz CT molecular complexity index is 723. The van der Waals surface area contributed by atoms with E-state index in [1.54, 1.807) is 13.0 Å². The van der Waals surface area contributed by atoms with E-state index in [-0.39, 0.29) is 24.3 Å². The van der Waals surface area contributed by atoms with E-state index < -0.39 is 23.8 Å². The Morgan fingerprint density at radius 3 is 2.58 bits per heavy atom. The van der Waals surface area contributed by atoms with E-state index in [0.29, 0.717) is 17.0 Å². The minimum Gasteiger partial charge on any atom is -0.481 e. The van der Waals surface area contributed by atoms with E-state index in [9.17, 15) is 19.5 Å². The van der Waals surface area contributed by atoms with Crippen molar-refractivity contribution < 1.29 is 24.2 Å². The summed E-state index contributed by atoms with van der Waals surface area (Å²) in [7, 11) is 0. The summed E-state index contributed by atoms with van der Waals surface area (Å²) < 4.78 is 5.01. The maximum atomic E-state index is 12.7. The fourth-order valence-corrected chi connectivity index (χ4v) is 4.58. The summed E-state index contributed by atoms with van der Waals surface area (Å²) in [5.41, 5.74) is 0.318. The van der Waals surface area contributed by atoms with Crippen molar-refractivity contribution in [1.29, 1.82) is 0 Å². The second-order valence-electron chi connectivity index (χ2n) is 6.15. The third kappa shape index (κ3) is 2.84. The minimum atomic E-state index is -0.944. The number of hydrogen-bond donors (Lipinski definition) is 2. The summed E-state index contributed by atoms with van der Waals surface area (Å²) in [6.45, 7) is 3.80. The number of anilines is 1. The Morgan fingerprint density at radius 2 is 1.96 bits per heavy atom. The van der Waals surface area contributed by atoms with E-state index >= 15 is 0 Å². The molecule has 0 aromatic carbocycles. The van der Waals surface area contributed by atoms with Gasteiger partial charge in [0.2, 0.25) is 5.91 Å². The zero-order valence-electron chi connectivity index (χ0n) is 13.4. The van der Waals surface area contributed by atoms with Gasteiger partial charge in [0.25, 0.3) is 0 Å². The van der Waals surface area contributed by atoms with Crippen molar-refractivity contribution in [2.24, 2.45) is 23.7 Å². The van der Waals surface area contributed by atoms with Gasteiger partial charge in [-0.2, -0.15) is 0 Å². The molecular weight excluding hydrogens is 330 g/mol. The van der Waals surface area contributed by atoms with Crippen molar-refractivity contribution in [1.82, 2.24) is 0 Å². The van der Waals surface area contributed by atoms with Crippen LogP contribution in [0.5, 0.6) is 0 Å². The molecule has 3 rings (SSSR count). The lowest BCUT2D eigenvalue weighted by Gasteiger charge is -2.23. The van der Waals surface area contributed by atoms with Crippen molar-refractivity contribution in [3.05, 3.63) is 28.7 Å². The lowest BCUT2D eigenvalue weighted by Crippen LogP contribution is -2.36. The van der Waals surface area contributed by atoms with Gasteiger partial charge in [0.1, 0.15) is 5.00 Å². The third-order valence-corrected chi connectivity index (χ3v) is 5.60. The molecule has 1 saturated carbocycles. The number of amides is 1. The quantitative estimate of drug-likeness (QED) is 0.630. The molecule has 2 aliphatic rings. The van der Waals surface area contributed by atoms with Crippen molar-refractivity contribution in [2.75, 3.05) is 11.9 Å². The van der Waals surface area contributed by atoms with Gasteiger partial charge >= 0.3 is 11.9 Å². The highest BCUT2D eigenvalue weighted by atomic mass is 32.1. The molecule has 1 aromatic rings. The molecule has 0 unspecified atom stereocenters. The number of fused-ring (bicyclic) bond motifs is 2. The fourth-order valence-electron chi connectivity index (χ4n) is 3.68. The first-order chi connectivity index (χ1) is 11.4. The topological polar surface area (TPSA) is 92.7 Å². The molecule has 0 saturated heterocycles. The molecule has 0 aliphatic heterocycles. The third-order valence-electron chi connectivity index (χ3n) is 4.63. The van der Waals surface area contributed by atoms with Crippen LogP contribution in [0, 0.1) is 30.6 Å². The van der Waals surface area contributed by atoms with Crippen molar-refractivity contribution in [2.45, 2.75) is 20.3 Å². The van der Waals surface area contributed by atoms with Crippen LogP contribution < -0.4 is 5.32 Å². The van der Waals surface area contributed by atoms with E-state index in [1.807, 2.05) is 19.1 Å². The number of ether oxygens (including phenoxy) is 1. The fraction of sp³-hybridized carbons (Fsp3) is 0.471. The van der Waals surface area contributed by atoms with E-state index in [0.717, 1.165) is 4.88 Å². The number of carbonyl (C=O) groups is 3. The highest BCUT2D eigenvalue weighted by Crippen LogP contribution is 2.48. The zero-order valence-corrected chi connectivity index (χ0v) is 14.3. The largest absolute Gasteiger partial charge is 0.481 e. The van der Waals surface area contributed by atoms with Crippen LogP contribution in [0.1, 0.15) is 28.6 Å². The van der Waals surface area contributed by atoms with Crippen LogP contribution in [-0.2, 0) is 14.3 Å². The van der Waals surface area contributed by atoms with Crippen LogP contribution in [-0.4, -0.2) is 29.6 Å². The first-order valence-corrected chi connectivity index (χ1v) is 8.73. The Balaban J connectivity index is 1.82. The minimum absolute atomic E-state index is 0.0526. The Kier molecular flexibility index (Phi) is 4.45. The zero-order chi connectivity index (χ0) is 17.4. The van der Waals surface area contributed by atoms with Crippen LogP contribution in [0.4, 0.5) is 5.00 Å². The number of allylic oxidation sites excluding steroid dienone is 2. The summed E-state index contributed by atoms with van der Waals surface area (Å²) in [5.74, 6) is -3.21. The smallest absolute Gasteiger partial charge is 0.341 e. The summed E-state index contributed by atoms with van der Waals surface area (Å²) in [6, 6.07) is 1.67. The maximum Gasteiger partial charge on any atom is 0.341 e. The van der Waals surface area contributed by atoms with Gasteiger partial charge < -0.3 is 15.2 Å². The monoisotopic (exact) mass is 349 g/mol. The van der Waals surface area contributed by atoms with Gasteiger partial charge in [-0.15, -0.1) is 11.3 Å². The molecule has 2 bridgehead atoms. The SMILES string of the molecule is CCOC(=O)c1cc(C)sc1NC(=O)[C@@H]1[C@@H](C(=O)O)[C@H]2C=C[C@@H]1C2. The first kappa shape index (κ1) is 16.7. The van der Waals surface area contributed by atoms with Crippen molar-refractivity contribution in [3.8, 4) is 0 Å². The summed E-state index contributed by atoms with van der Waals surface area (Å²) in [5, 5.41) is 12.6. The predicted molar refractivity (Wildman–Crippen MR) is 89.0 cm³/mol. The molecule has 1 fully saturated rings. The van der Waals surface area contributed by atoms with Gasteiger partial charge in [0.05, 0.1) is 24.0 Å². The van der Waals surface area contributed by atoms with Gasteiger partial charge in [-0.05, 0) is 38.2 Å². The number of rotatable bonds is 5. The number of aryl methyl sites for hydroxylation is 1. The van der Waals surface area contributed by atoms with Crippen LogP contribution in [0.25, 0.3) is 0 Å². The number of hydrogen-bond acceptors (Lipinski definition) is 5. The molecule has 1 aromatic heterocycles. The number of thiophene rings is 1. The van der Waals surface area contributed by atoms with Gasteiger partial charge in [-0.1, -0.05) is 12.2 Å². The molecular formula is C17H19NO5S. The lowest BCUT2D eigenvalue weighted by atomic mass is 9.82. The predicted octanol–water partition coefficient (Wildman–Crippen LogP) is 2.69. The highest BCUT2D eigenvalue weighted by Gasteiger charge is 2.51. The molecule has 2 aliphatic carbocycles. The molecule has 2 N–H and O–H groups in total. The molecule has 4 atom stereocenters. The van der Waals surface area contributed by atoms with Crippen molar-refractivity contribution in [3.63, 3.8) is 0 Å².